The van der Waals surface area contributed by atoms with E-state index < -0.39 is 0 Å². The average molecular weight is 402 g/mol. The first-order valence-electron chi connectivity index (χ1n) is 10.7. The molecule has 0 spiro atoms. The second-order valence-electron chi connectivity index (χ2n) is 7.86. The van der Waals surface area contributed by atoms with Crippen molar-refractivity contribution in [2.45, 2.75) is 46.1 Å². The Labute approximate surface area is 179 Å². The van der Waals surface area contributed by atoms with Crippen LogP contribution in [0.4, 0.5) is 0 Å². The molecule has 2 aromatic carbocycles. The van der Waals surface area contributed by atoms with Crippen LogP contribution in [0.25, 0.3) is 10.8 Å². The number of hydrogen-bond donors (Lipinski definition) is 2. The highest BCUT2D eigenvalue weighted by molar-refractivity contribution is 5.85. The summed E-state index contributed by atoms with van der Waals surface area (Å²) in [6, 6.07) is 15.0. The van der Waals surface area contributed by atoms with Crippen molar-refractivity contribution in [2.24, 2.45) is 5.92 Å². The highest BCUT2D eigenvalue weighted by Gasteiger charge is 2.08. The van der Waals surface area contributed by atoms with E-state index in [1.165, 1.54) is 24.8 Å². The molecular formula is C27H31NO2. The fourth-order valence-electron chi connectivity index (χ4n) is 3.70. The minimum Gasteiger partial charge on any atom is -0.508 e. The van der Waals surface area contributed by atoms with Gasteiger partial charge in [0.2, 0.25) is 0 Å². The van der Waals surface area contributed by atoms with Crippen LogP contribution in [-0.2, 0) is 13.0 Å². The van der Waals surface area contributed by atoms with Crippen molar-refractivity contribution in [3.05, 3.63) is 95.3 Å². The van der Waals surface area contributed by atoms with Crippen molar-refractivity contribution in [1.29, 1.82) is 0 Å². The van der Waals surface area contributed by atoms with E-state index in [9.17, 15) is 10.2 Å². The molecule has 0 radical (unpaired) electrons. The smallest absolute Gasteiger partial charge is 0.115 e. The molecule has 0 saturated heterocycles. The lowest BCUT2D eigenvalue weighted by Gasteiger charge is -2.07. The van der Waals surface area contributed by atoms with Gasteiger partial charge in [0.05, 0.1) is 6.61 Å². The fraction of sp³-hybridized carbons (Fsp3) is 0.296. The second-order valence-corrected chi connectivity index (χ2v) is 7.86. The molecule has 1 heterocycles. The van der Waals surface area contributed by atoms with Crippen LogP contribution in [0.5, 0.6) is 5.75 Å². The van der Waals surface area contributed by atoms with Gasteiger partial charge < -0.3 is 10.2 Å². The van der Waals surface area contributed by atoms with E-state index in [1.807, 2.05) is 42.6 Å². The van der Waals surface area contributed by atoms with Crippen LogP contribution in [0, 0.1) is 5.92 Å². The Hall–Kier alpha value is -2.91. The van der Waals surface area contributed by atoms with Crippen molar-refractivity contribution < 1.29 is 10.2 Å². The lowest BCUT2D eigenvalue weighted by atomic mass is 9.98. The zero-order chi connectivity index (χ0) is 21.3. The number of aliphatic hydroxyl groups is 1. The molecular weight excluding hydrogens is 370 g/mol. The van der Waals surface area contributed by atoms with E-state index in [1.54, 1.807) is 12.1 Å². The van der Waals surface area contributed by atoms with Gasteiger partial charge >= 0.3 is 0 Å². The summed E-state index contributed by atoms with van der Waals surface area (Å²) in [6.07, 6.45) is 13.3. The maximum atomic E-state index is 9.40. The van der Waals surface area contributed by atoms with Gasteiger partial charge in [0.15, 0.2) is 0 Å². The van der Waals surface area contributed by atoms with Crippen molar-refractivity contribution in [1.82, 2.24) is 4.98 Å². The van der Waals surface area contributed by atoms with Gasteiger partial charge in [0, 0.05) is 23.7 Å². The molecule has 3 nitrogen and oxygen atoms in total. The largest absolute Gasteiger partial charge is 0.508 e. The molecule has 3 heteroatoms. The number of nitrogens with zero attached hydrogens (tertiary/aromatic N) is 1. The van der Waals surface area contributed by atoms with E-state index in [0.717, 1.165) is 33.5 Å². The molecule has 1 unspecified atom stereocenters. The normalized spacial score (nSPS) is 15.0. The Bertz CT molecular complexity index is 1020. The molecule has 1 aliphatic carbocycles. The summed E-state index contributed by atoms with van der Waals surface area (Å²) < 4.78 is 0. The Morgan fingerprint density at radius 2 is 1.87 bits per heavy atom. The molecule has 0 fully saturated rings. The number of fused-ring (bicyclic) bond motifs is 1. The van der Waals surface area contributed by atoms with Gasteiger partial charge in [-0.2, -0.15) is 0 Å². The monoisotopic (exact) mass is 401 g/mol. The lowest BCUT2D eigenvalue weighted by molar-refractivity contribution is 0.283. The highest BCUT2D eigenvalue weighted by Crippen LogP contribution is 2.23. The maximum absolute atomic E-state index is 9.40. The van der Waals surface area contributed by atoms with E-state index in [4.69, 9.17) is 0 Å². The van der Waals surface area contributed by atoms with Gasteiger partial charge in [-0.3, -0.25) is 4.98 Å². The van der Waals surface area contributed by atoms with Gasteiger partial charge in [-0.05, 0) is 54.0 Å². The first kappa shape index (κ1) is 21.8. The van der Waals surface area contributed by atoms with Crippen LogP contribution in [-0.4, -0.2) is 15.2 Å². The van der Waals surface area contributed by atoms with Crippen molar-refractivity contribution in [2.75, 3.05) is 0 Å². The average Bonchev–Trinajstić information content (AvgIpc) is 3.18. The number of benzene rings is 2. The predicted molar refractivity (Wildman–Crippen MR) is 124 cm³/mol. The molecule has 30 heavy (non-hydrogen) atoms. The number of phenols is 1. The highest BCUT2D eigenvalue weighted by atomic mass is 16.3. The van der Waals surface area contributed by atoms with E-state index in [2.05, 4.69) is 37.1 Å². The third kappa shape index (κ3) is 5.80. The number of unbranched alkanes of at least 4 members (excludes halogenated alkanes) is 1. The zero-order valence-electron chi connectivity index (χ0n) is 17.9. The second kappa shape index (κ2) is 10.7. The third-order valence-corrected chi connectivity index (χ3v) is 5.56. The minimum atomic E-state index is 0.0278. The van der Waals surface area contributed by atoms with Crippen LogP contribution in [0.2, 0.25) is 0 Å². The van der Waals surface area contributed by atoms with Crippen molar-refractivity contribution >= 4 is 10.8 Å². The summed E-state index contributed by atoms with van der Waals surface area (Å²) in [4.78, 5) is 4.46. The molecule has 3 aromatic rings. The van der Waals surface area contributed by atoms with Gasteiger partial charge in [-0.1, -0.05) is 73.9 Å². The molecule has 0 aliphatic heterocycles. The molecule has 0 saturated carbocycles. The first-order valence-corrected chi connectivity index (χ1v) is 10.7. The molecule has 2 N–H and O–H groups in total. The Kier molecular flexibility index (Phi) is 7.81. The number of aromatic hydroxyl groups is 1. The van der Waals surface area contributed by atoms with E-state index in [0.29, 0.717) is 6.42 Å². The number of phenolic OH excluding ortho intramolecular Hbond substituents is 1. The number of aromatic nitrogens is 1. The minimum absolute atomic E-state index is 0.0278. The molecule has 0 amide bonds. The van der Waals surface area contributed by atoms with Crippen LogP contribution in [0.3, 0.4) is 0 Å². The number of rotatable bonds is 6. The summed E-state index contributed by atoms with van der Waals surface area (Å²) in [7, 11) is 0. The fourth-order valence-corrected chi connectivity index (χ4v) is 3.70. The van der Waals surface area contributed by atoms with E-state index >= 15 is 0 Å². The van der Waals surface area contributed by atoms with E-state index in [-0.39, 0.29) is 12.4 Å². The molecule has 4 rings (SSSR count). The summed E-state index contributed by atoms with van der Waals surface area (Å²) in [5.74, 6) is 1.03. The van der Waals surface area contributed by atoms with Crippen LogP contribution in [0.1, 0.15) is 49.9 Å². The molecule has 1 aromatic heterocycles. The van der Waals surface area contributed by atoms with Crippen LogP contribution < -0.4 is 0 Å². The predicted octanol–water partition coefficient (Wildman–Crippen LogP) is 6.33. The number of pyridine rings is 1. The quantitative estimate of drug-likeness (QED) is 0.507. The zero-order valence-corrected chi connectivity index (χ0v) is 17.9. The summed E-state index contributed by atoms with van der Waals surface area (Å²) >= 11 is 0. The Morgan fingerprint density at radius 1 is 1.07 bits per heavy atom. The molecule has 1 aliphatic rings. The standard InChI is InChI=1S/C17H15NO2.C10H16/c19-11-14-3-1-2-13-10-18-15(9-17(13)14)8-12-4-6-16(20)7-5-12;1-3-4-7-10-8-5-6-9(10)2/h1-7,9-10,19-20H,8,11H2;5-6,8,10H,3-4,7H2,1-2H3. The van der Waals surface area contributed by atoms with Gasteiger partial charge in [0.1, 0.15) is 5.75 Å². The number of allylic oxidation sites excluding steroid dienone is 4. The van der Waals surface area contributed by atoms with Crippen molar-refractivity contribution in [3.8, 4) is 5.75 Å². The van der Waals surface area contributed by atoms with Crippen LogP contribution >= 0.6 is 0 Å². The molecule has 1 atom stereocenters. The van der Waals surface area contributed by atoms with Gasteiger partial charge in [-0.25, -0.2) is 0 Å². The molecule has 156 valence electrons. The SMILES string of the molecule is CCCCC1C=CC=C1C.OCc1cccc2cnc(Cc3ccc(O)cc3)cc12. The Morgan fingerprint density at radius 3 is 2.53 bits per heavy atom. The number of hydrogen-bond acceptors (Lipinski definition) is 3. The van der Waals surface area contributed by atoms with Gasteiger partial charge in [0.25, 0.3) is 0 Å². The lowest BCUT2D eigenvalue weighted by Crippen LogP contribution is -1.94. The molecule has 0 bridgehead atoms. The Balaban J connectivity index is 0.000000216. The number of aliphatic hydroxyl groups excluding tert-OH is 1. The first-order chi connectivity index (χ1) is 14.6. The maximum Gasteiger partial charge on any atom is 0.115 e. The summed E-state index contributed by atoms with van der Waals surface area (Å²) in [5.41, 5.74) is 4.49. The van der Waals surface area contributed by atoms with Crippen molar-refractivity contribution in [3.63, 3.8) is 0 Å². The topological polar surface area (TPSA) is 53.4 Å². The van der Waals surface area contributed by atoms with Crippen LogP contribution in [0.15, 0.2) is 78.5 Å². The summed E-state index contributed by atoms with van der Waals surface area (Å²) in [5, 5.41) is 20.8. The third-order valence-electron chi connectivity index (χ3n) is 5.56. The van der Waals surface area contributed by atoms with Gasteiger partial charge in [-0.15, -0.1) is 0 Å². The summed E-state index contributed by atoms with van der Waals surface area (Å²) in [6.45, 7) is 4.50.